The number of carbonyl (C=O) groups is 1. The van der Waals surface area contributed by atoms with Crippen molar-refractivity contribution >= 4 is 45.4 Å². The van der Waals surface area contributed by atoms with Crippen LogP contribution < -0.4 is 5.32 Å². The van der Waals surface area contributed by atoms with Crippen molar-refractivity contribution < 1.29 is 9.72 Å². The van der Waals surface area contributed by atoms with Gasteiger partial charge in [0.15, 0.2) is 0 Å². The van der Waals surface area contributed by atoms with E-state index in [1.807, 2.05) is 29.6 Å². The van der Waals surface area contributed by atoms with Gasteiger partial charge in [-0.25, -0.2) is 0 Å². The summed E-state index contributed by atoms with van der Waals surface area (Å²) in [6, 6.07) is 15.2. The summed E-state index contributed by atoms with van der Waals surface area (Å²) in [5.41, 5.74) is 1.85. The van der Waals surface area contributed by atoms with E-state index in [1.54, 1.807) is 24.4 Å². The molecule has 0 aliphatic heterocycles. The van der Waals surface area contributed by atoms with Gasteiger partial charge in [0.2, 0.25) is 0 Å². The minimum Gasteiger partial charge on any atom is -0.360 e. The molecule has 0 spiro atoms. The molecule has 2 aromatic carbocycles. The second kappa shape index (κ2) is 7.46. The molecule has 1 amide bonds. The standard InChI is InChI=1S/C20H14ClN3O3S/c21-13-5-3-12(4-6-13)19(18-2-1-9-28-18)23-20(25)16-11-22-17-8-7-14(24(26)27)10-15(16)17/h1-11,19,22H,(H,23,25). The summed E-state index contributed by atoms with van der Waals surface area (Å²) < 4.78 is 0. The number of benzene rings is 2. The molecule has 140 valence electrons. The highest BCUT2D eigenvalue weighted by atomic mass is 35.5. The Labute approximate surface area is 168 Å². The largest absolute Gasteiger partial charge is 0.360 e. The lowest BCUT2D eigenvalue weighted by molar-refractivity contribution is -0.384. The highest BCUT2D eigenvalue weighted by Gasteiger charge is 2.21. The molecule has 1 unspecified atom stereocenters. The number of carbonyl (C=O) groups excluding carboxylic acids is 1. The fourth-order valence-corrected chi connectivity index (χ4v) is 3.98. The first-order valence-corrected chi connectivity index (χ1v) is 9.64. The van der Waals surface area contributed by atoms with Crippen LogP contribution in [0.5, 0.6) is 0 Å². The van der Waals surface area contributed by atoms with Crippen LogP contribution in [-0.4, -0.2) is 15.8 Å². The van der Waals surface area contributed by atoms with Crippen molar-refractivity contribution in [2.75, 3.05) is 0 Å². The molecule has 1 atom stereocenters. The highest BCUT2D eigenvalue weighted by molar-refractivity contribution is 7.10. The lowest BCUT2D eigenvalue weighted by Crippen LogP contribution is -2.28. The van der Waals surface area contributed by atoms with Gasteiger partial charge < -0.3 is 10.3 Å². The van der Waals surface area contributed by atoms with E-state index in [1.165, 1.54) is 23.5 Å². The molecule has 6 nitrogen and oxygen atoms in total. The molecule has 2 aromatic heterocycles. The van der Waals surface area contributed by atoms with Crippen molar-refractivity contribution in [2.24, 2.45) is 0 Å². The lowest BCUT2D eigenvalue weighted by Gasteiger charge is -2.18. The van der Waals surface area contributed by atoms with Crippen LogP contribution in [0.4, 0.5) is 5.69 Å². The van der Waals surface area contributed by atoms with Crippen molar-refractivity contribution in [3.05, 3.63) is 97.3 Å². The Bertz CT molecular complexity index is 1150. The summed E-state index contributed by atoms with van der Waals surface area (Å²) in [6.45, 7) is 0. The number of thiophene rings is 1. The summed E-state index contributed by atoms with van der Waals surface area (Å²) >= 11 is 7.52. The Kier molecular flexibility index (Phi) is 4.85. The number of aromatic amines is 1. The molecule has 8 heteroatoms. The van der Waals surface area contributed by atoms with Crippen molar-refractivity contribution in [3.8, 4) is 0 Å². The van der Waals surface area contributed by atoms with Gasteiger partial charge in [0, 0.05) is 39.1 Å². The van der Waals surface area contributed by atoms with Crippen molar-refractivity contribution in [1.29, 1.82) is 0 Å². The van der Waals surface area contributed by atoms with Gasteiger partial charge in [-0.05, 0) is 35.2 Å². The average molecular weight is 412 g/mol. The number of nitro groups is 1. The number of non-ortho nitro benzene ring substituents is 1. The van der Waals surface area contributed by atoms with Gasteiger partial charge in [-0.1, -0.05) is 29.8 Å². The van der Waals surface area contributed by atoms with E-state index >= 15 is 0 Å². The number of hydrogen-bond acceptors (Lipinski definition) is 4. The number of hydrogen-bond donors (Lipinski definition) is 2. The van der Waals surface area contributed by atoms with E-state index in [9.17, 15) is 14.9 Å². The Hall–Kier alpha value is -3.16. The molecular formula is C20H14ClN3O3S. The zero-order valence-electron chi connectivity index (χ0n) is 14.4. The molecule has 2 heterocycles. The number of nitrogens with zero attached hydrogens (tertiary/aromatic N) is 1. The van der Waals surface area contributed by atoms with E-state index in [4.69, 9.17) is 11.6 Å². The SMILES string of the molecule is O=C(NC(c1ccc(Cl)cc1)c1cccs1)c1c[nH]c2ccc([N+](=O)[O-])cc12. The van der Waals surface area contributed by atoms with Crippen molar-refractivity contribution in [1.82, 2.24) is 10.3 Å². The fraction of sp³-hybridized carbons (Fsp3) is 0.0500. The van der Waals surface area contributed by atoms with Gasteiger partial charge in [0.1, 0.15) is 0 Å². The molecule has 0 bridgehead atoms. The van der Waals surface area contributed by atoms with Crippen molar-refractivity contribution in [3.63, 3.8) is 0 Å². The van der Waals surface area contributed by atoms with Crippen LogP contribution in [0.2, 0.25) is 5.02 Å². The van der Waals surface area contributed by atoms with Crippen LogP contribution in [0, 0.1) is 10.1 Å². The van der Waals surface area contributed by atoms with Crippen LogP contribution in [0.1, 0.15) is 26.8 Å². The number of nitro benzene ring substituents is 1. The Balaban J connectivity index is 1.70. The number of halogens is 1. The van der Waals surface area contributed by atoms with Crippen LogP contribution >= 0.6 is 22.9 Å². The minimum atomic E-state index is -0.476. The first-order chi connectivity index (χ1) is 13.5. The van der Waals surface area contributed by atoms with Crippen LogP contribution in [0.25, 0.3) is 10.9 Å². The van der Waals surface area contributed by atoms with Crippen molar-refractivity contribution in [2.45, 2.75) is 6.04 Å². The summed E-state index contributed by atoms with van der Waals surface area (Å²) in [4.78, 5) is 27.6. The molecular weight excluding hydrogens is 398 g/mol. The van der Waals surface area contributed by atoms with Crippen LogP contribution in [0.15, 0.2) is 66.2 Å². The van der Waals surface area contributed by atoms with E-state index in [-0.39, 0.29) is 17.6 Å². The van der Waals surface area contributed by atoms with E-state index in [2.05, 4.69) is 10.3 Å². The molecule has 2 N–H and O–H groups in total. The maximum atomic E-state index is 13.0. The number of fused-ring (bicyclic) bond motifs is 1. The smallest absolute Gasteiger partial charge is 0.270 e. The maximum Gasteiger partial charge on any atom is 0.270 e. The summed E-state index contributed by atoms with van der Waals surface area (Å²) in [5, 5.41) is 17.2. The van der Waals surface area contributed by atoms with Crippen LogP contribution in [0.3, 0.4) is 0 Å². The third-order valence-corrected chi connectivity index (χ3v) is 5.62. The van der Waals surface area contributed by atoms with Gasteiger partial charge in [-0.15, -0.1) is 11.3 Å². The summed E-state index contributed by atoms with van der Waals surface area (Å²) in [7, 11) is 0. The topological polar surface area (TPSA) is 88.0 Å². The van der Waals surface area contributed by atoms with Gasteiger partial charge >= 0.3 is 0 Å². The molecule has 28 heavy (non-hydrogen) atoms. The number of aromatic nitrogens is 1. The Morgan fingerprint density at radius 1 is 1.18 bits per heavy atom. The third kappa shape index (κ3) is 3.49. The molecule has 4 rings (SSSR count). The number of rotatable bonds is 5. The van der Waals surface area contributed by atoms with E-state index in [0.717, 1.165) is 10.4 Å². The zero-order valence-corrected chi connectivity index (χ0v) is 16.0. The first kappa shape index (κ1) is 18.2. The molecule has 0 aliphatic rings. The second-order valence-corrected chi connectivity index (χ2v) is 7.58. The van der Waals surface area contributed by atoms with Gasteiger partial charge in [0.25, 0.3) is 11.6 Å². The predicted octanol–water partition coefficient (Wildman–Crippen LogP) is 5.31. The number of H-pyrrole nitrogens is 1. The normalized spacial score (nSPS) is 12.0. The van der Waals surface area contributed by atoms with Gasteiger partial charge in [-0.3, -0.25) is 14.9 Å². The third-order valence-electron chi connectivity index (χ3n) is 4.43. The number of amides is 1. The quantitative estimate of drug-likeness (QED) is 0.344. The fourth-order valence-electron chi connectivity index (χ4n) is 3.05. The van der Waals surface area contributed by atoms with Crippen LogP contribution in [-0.2, 0) is 0 Å². The minimum absolute atomic E-state index is 0.0614. The first-order valence-electron chi connectivity index (χ1n) is 8.38. The van der Waals surface area contributed by atoms with Gasteiger partial charge in [0.05, 0.1) is 16.5 Å². The Morgan fingerprint density at radius 3 is 2.64 bits per heavy atom. The average Bonchev–Trinajstić information content (AvgIpc) is 3.36. The molecule has 0 radical (unpaired) electrons. The second-order valence-electron chi connectivity index (χ2n) is 6.16. The molecule has 4 aromatic rings. The Morgan fingerprint density at radius 2 is 1.96 bits per heavy atom. The number of nitrogens with one attached hydrogen (secondary N) is 2. The maximum absolute atomic E-state index is 13.0. The summed E-state index contributed by atoms with van der Waals surface area (Å²) in [5.74, 6) is -0.319. The molecule has 0 aliphatic carbocycles. The van der Waals surface area contributed by atoms with E-state index in [0.29, 0.717) is 21.5 Å². The zero-order chi connectivity index (χ0) is 19.7. The lowest BCUT2D eigenvalue weighted by atomic mass is 10.0. The molecule has 0 fully saturated rings. The molecule has 0 saturated carbocycles. The van der Waals surface area contributed by atoms with E-state index < -0.39 is 4.92 Å². The highest BCUT2D eigenvalue weighted by Crippen LogP contribution is 2.29. The molecule has 0 saturated heterocycles. The predicted molar refractivity (Wildman–Crippen MR) is 110 cm³/mol. The van der Waals surface area contributed by atoms with Gasteiger partial charge in [-0.2, -0.15) is 0 Å². The monoisotopic (exact) mass is 411 g/mol. The summed E-state index contributed by atoms with van der Waals surface area (Å²) in [6.07, 6.45) is 1.57.